The Morgan fingerprint density at radius 1 is 1.75 bits per heavy atom. The van der Waals surface area contributed by atoms with Crippen LogP contribution in [0.25, 0.3) is 0 Å². The Bertz CT molecular complexity index is 15.5. The van der Waals surface area contributed by atoms with Crippen LogP contribution in [-0.4, -0.2) is 10.7 Å². The molecule has 4 heavy (non-hydrogen) atoms. The minimum absolute atomic E-state index is 0. The third-order valence-electron chi connectivity index (χ3n) is 0. The second-order valence-electron chi connectivity index (χ2n) is 0.105. The van der Waals surface area contributed by atoms with Crippen molar-refractivity contribution in [2.24, 2.45) is 0 Å². The molecular formula is CH2AuOS. The topological polar surface area (TPSA) is 20.2 Å². The molecule has 0 fully saturated rings. The van der Waals surface area contributed by atoms with Gasteiger partial charge in [-0.1, -0.05) is 0 Å². The largest absolute Gasteiger partial charge is 0.504 e. The van der Waals surface area contributed by atoms with Crippen molar-refractivity contribution in [3.05, 3.63) is 0 Å². The second-order valence-corrected chi connectivity index (χ2v) is 0.316. The Kier molecular flexibility index (Phi) is 20.8. The first-order chi connectivity index (χ1) is 1.41. The van der Waals surface area contributed by atoms with Crippen molar-refractivity contribution >= 4 is 17.8 Å². The van der Waals surface area contributed by atoms with E-state index in [1.807, 2.05) is 0 Å². The monoisotopic (exact) mass is 259 g/mol. The number of aliphatic hydroxyl groups is 1. The summed E-state index contributed by atoms with van der Waals surface area (Å²) in [6.45, 7) is 0. The molecule has 0 bridgehead atoms. The van der Waals surface area contributed by atoms with Crippen LogP contribution in [0.2, 0.25) is 0 Å². The van der Waals surface area contributed by atoms with Crippen LogP contribution in [0.4, 0.5) is 0 Å². The maximum atomic E-state index is 7.26. The third kappa shape index (κ3) is 17.6. The summed E-state index contributed by atoms with van der Waals surface area (Å²) in [5.41, 5.74) is 0.583. The van der Waals surface area contributed by atoms with E-state index in [9.17, 15) is 0 Å². The molecule has 0 aromatic rings. The van der Waals surface area contributed by atoms with Crippen LogP contribution in [0, 0.1) is 0 Å². The molecule has 1 N–H and O–H groups in total. The van der Waals surface area contributed by atoms with E-state index < -0.39 is 0 Å². The molecular weight excluding hydrogens is 257 g/mol. The van der Waals surface area contributed by atoms with Crippen molar-refractivity contribution in [2.75, 3.05) is 0 Å². The van der Waals surface area contributed by atoms with Crippen LogP contribution < -0.4 is 0 Å². The SMILES string of the molecule is OC=S.[Au]. The Labute approximate surface area is 45.5 Å². The summed E-state index contributed by atoms with van der Waals surface area (Å²) >= 11 is 3.82. The zero-order chi connectivity index (χ0) is 2.71. The molecule has 0 amide bonds. The first-order valence-corrected chi connectivity index (χ1v) is 0.965. The van der Waals surface area contributed by atoms with Gasteiger partial charge in [-0.15, -0.1) is 0 Å². The summed E-state index contributed by atoms with van der Waals surface area (Å²) in [6, 6.07) is 0. The minimum Gasteiger partial charge on any atom is -0.504 e. The van der Waals surface area contributed by atoms with E-state index in [1.165, 1.54) is 0 Å². The van der Waals surface area contributed by atoms with Crippen LogP contribution in [0.5, 0.6) is 0 Å². The Morgan fingerprint density at radius 2 is 1.75 bits per heavy atom. The van der Waals surface area contributed by atoms with Gasteiger partial charge in [-0.05, 0) is 12.2 Å². The molecule has 0 unspecified atom stereocenters. The molecule has 0 aromatic carbocycles. The summed E-state index contributed by atoms with van der Waals surface area (Å²) in [7, 11) is 0. The van der Waals surface area contributed by atoms with Crippen LogP contribution in [-0.2, 0) is 22.4 Å². The normalized spacial score (nSPS) is 3.00. The van der Waals surface area contributed by atoms with Gasteiger partial charge in [0.05, 0.1) is 0 Å². The number of rotatable bonds is 0. The van der Waals surface area contributed by atoms with Gasteiger partial charge in [-0.3, -0.25) is 0 Å². The maximum absolute atomic E-state index is 7.26. The smallest absolute Gasteiger partial charge is 0.142 e. The van der Waals surface area contributed by atoms with Crippen molar-refractivity contribution in [2.45, 2.75) is 0 Å². The average molecular weight is 259 g/mol. The molecule has 0 aromatic heterocycles. The molecule has 0 heterocycles. The van der Waals surface area contributed by atoms with Crippen LogP contribution >= 0.6 is 12.2 Å². The van der Waals surface area contributed by atoms with Gasteiger partial charge in [0.2, 0.25) is 0 Å². The molecule has 0 saturated heterocycles. The van der Waals surface area contributed by atoms with Gasteiger partial charge in [0.15, 0.2) is 0 Å². The standard InChI is InChI=1S/CH2OS.Au/c2-1-3;/h1H,(H,2,3);. The summed E-state index contributed by atoms with van der Waals surface area (Å²) in [6.07, 6.45) is 0. The number of thiocarbonyl (C=S) groups is 1. The quantitative estimate of drug-likeness (QED) is 0.505. The van der Waals surface area contributed by atoms with Gasteiger partial charge < -0.3 is 5.11 Å². The summed E-state index contributed by atoms with van der Waals surface area (Å²) in [5.74, 6) is 0. The fourth-order valence-corrected chi connectivity index (χ4v) is 0. The molecule has 0 rings (SSSR count). The molecule has 0 aliphatic rings. The zero-order valence-corrected chi connectivity index (χ0v) is 4.72. The van der Waals surface area contributed by atoms with E-state index >= 15 is 0 Å². The minimum atomic E-state index is 0. The van der Waals surface area contributed by atoms with Crippen molar-refractivity contribution < 1.29 is 27.5 Å². The summed E-state index contributed by atoms with van der Waals surface area (Å²) in [4.78, 5) is 0. The fraction of sp³-hybridized carbons (Fsp3) is 0. The van der Waals surface area contributed by atoms with Crippen LogP contribution in [0.1, 0.15) is 0 Å². The van der Waals surface area contributed by atoms with Crippen molar-refractivity contribution in [3.8, 4) is 0 Å². The molecule has 1 radical (unpaired) electrons. The molecule has 0 atom stereocenters. The fourth-order valence-electron chi connectivity index (χ4n) is 0. The molecule has 3 heteroatoms. The Balaban J connectivity index is 0. The zero-order valence-electron chi connectivity index (χ0n) is 1.73. The second kappa shape index (κ2) is 9.45. The molecule has 0 aliphatic heterocycles. The third-order valence-corrected chi connectivity index (χ3v) is 0. The van der Waals surface area contributed by atoms with E-state index in [4.69, 9.17) is 5.11 Å². The number of aliphatic hydroxyl groups excluding tert-OH is 1. The number of hydrogen-bond acceptors (Lipinski definition) is 1. The van der Waals surface area contributed by atoms with E-state index in [-0.39, 0.29) is 22.4 Å². The predicted molar refractivity (Wildman–Crippen MR) is 16.3 cm³/mol. The predicted octanol–water partition coefficient (Wildman–Crippen LogP) is 0.499. The Morgan fingerprint density at radius 3 is 1.75 bits per heavy atom. The van der Waals surface area contributed by atoms with Crippen LogP contribution in [0.15, 0.2) is 0 Å². The molecule has 0 aliphatic carbocycles. The van der Waals surface area contributed by atoms with Gasteiger partial charge in [-0.2, -0.15) is 0 Å². The summed E-state index contributed by atoms with van der Waals surface area (Å²) < 4.78 is 0. The average Bonchev–Trinajstić information content (AvgIpc) is 0.918. The number of hydrogen-bond donors (Lipinski definition) is 1. The first-order valence-electron chi connectivity index (χ1n) is 0.494. The van der Waals surface area contributed by atoms with Crippen molar-refractivity contribution in [1.82, 2.24) is 0 Å². The Hall–Kier alpha value is 0.630. The first kappa shape index (κ1) is 8.82. The van der Waals surface area contributed by atoms with Crippen LogP contribution in [0.3, 0.4) is 0 Å². The maximum Gasteiger partial charge on any atom is 0.142 e. The molecule has 29 valence electrons. The molecule has 1 nitrogen and oxygen atoms in total. The van der Waals surface area contributed by atoms with Gasteiger partial charge >= 0.3 is 0 Å². The molecule has 0 saturated carbocycles. The van der Waals surface area contributed by atoms with E-state index in [2.05, 4.69) is 12.2 Å². The van der Waals surface area contributed by atoms with E-state index in [1.54, 1.807) is 0 Å². The molecule has 0 spiro atoms. The van der Waals surface area contributed by atoms with E-state index in [0.29, 0.717) is 5.55 Å². The van der Waals surface area contributed by atoms with Gasteiger partial charge in [0.1, 0.15) is 5.55 Å². The van der Waals surface area contributed by atoms with Gasteiger partial charge in [0.25, 0.3) is 0 Å². The van der Waals surface area contributed by atoms with Gasteiger partial charge in [-0.25, -0.2) is 0 Å². The van der Waals surface area contributed by atoms with Crippen molar-refractivity contribution in [1.29, 1.82) is 0 Å². The van der Waals surface area contributed by atoms with E-state index in [0.717, 1.165) is 0 Å². The van der Waals surface area contributed by atoms with Gasteiger partial charge in [0, 0.05) is 22.4 Å². The van der Waals surface area contributed by atoms with Crippen molar-refractivity contribution in [3.63, 3.8) is 0 Å². The summed E-state index contributed by atoms with van der Waals surface area (Å²) in [5, 5.41) is 7.26.